The summed E-state index contributed by atoms with van der Waals surface area (Å²) in [6.45, 7) is 1.63. The molecule has 1 spiro atoms. The van der Waals surface area contributed by atoms with Gasteiger partial charge in [0.25, 0.3) is 11.5 Å². The van der Waals surface area contributed by atoms with Gasteiger partial charge in [0.1, 0.15) is 11.8 Å². The van der Waals surface area contributed by atoms with E-state index >= 15 is 0 Å². The number of rotatable bonds is 4. The average Bonchev–Trinajstić information content (AvgIpc) is 3.42. The van der Waals surface area contributed by atoms with Crippen LogP contribution in [0.5, 0.6) is 0 Å². The van der Waals surface area contributed by atoms with Crippen LogP contribution in [0.25, 0.3) is 0 Å². The van der Waals surface area contributed by atoms with Gasteiger partial charge in [0.2, 0.25) is 11.8 Å². The number of imide groups is 1. The molecule has 4 fully saturated rings. The molecule has 5 atom stereocenters. The molecule has 0 unspecified atom stereocenters. The summed E-state index contributed by atoms with van der Waals surface area (Å²) in [6, 6.07) is 17.1. The second-order valence-corrected chi connectivity index (χ2v) is 8.82. The van der Waals surface area contributed by atoms with Crippen molar-refractivity contribution in [2.75, 3.05) is 24.7 Å². The van der Waals surface area contributed by atoms with Crippen LogP contribution in [-0.4, -0.2) is 59.7 Å². The molecule has 0 aliphatic carbocycles. The molecule has 174 valence electrons. The Balaban J connectivity index is 1.53. The minimum Gasteiger partial charge on any atom is -0.463 e. The van der Waals surface area contributed by atoms with Gasteiger partial charge in [0, 0.05) is 0 Å². The molecule has 4 aliphatic rings. The Hall–Kier alpha value is -3.56. The highest BCUT2D eigenvalue weighted by atomic mass is 16.6. The minimum atomic E-state index is -2.24. The predicted molar refractivity (Wildman–Crippen MR) is 116 cm³/mol. The number of hydrogen-bond acceptors (Lipinski definition) is 7. The summed E-state index contributed by atoms with van der Waals surface area (Å²) in [6.07, 6.45) is 0. The highest BCUT2D eigenvalue weighted by molar-refractivity contribution is 6.28. The van der Waals surface area contributed by atoms with Crippen LogP contribution < -0.4 is 4.90 Å². The molecule has 0 radical (unpaired) electrons. The zero-order valence-corrected chi connectivity index (χ0v) is 18.4. The fraction of sp³-hybridized carbons (Fsp3) is 0.360. The fourth-order valence-electron chi connectivity index (χ4n) is 5.90. The molecule has 9 heteroatoms. The van der Waals surface area contributed by atoms with Gasteiger partial charge in [-0.05, 0) is 24.6 Å². The van der Waals surface area contributed by atoms with Gasteiger partial charge in [-0.3, -0.25) is 19.3 Å². The maximum absolute atomic E-state index is 14.0. The molecule has 0 saturated carbocycles. The van der Waals surface area contributed by atoms with Crippen molar-refractivity contribution < 1.29 is 33.4 Å². The number of para-hydroxylation sites is 1. The SMILES string of the molecule is CCOC(=O)[C@]12O[C@@]3(COC[C@@H](c4ccccc4)N3C1=O)[C@H]1C(=O)N(c3ccccc3)C(=O)[C@H]12. The summed E-state index contributed by atoms with van der Waals surface area (Å²) in [5, 5.41) is 0. The first-order valence-corrected chi connectivity index (χ1v) is 11.2. The lowest BCUT2D eigenvalue weighted by atomic mass is 9.73. The first kappa shape index (κ1) is 21.0. The van der Waals surface area contributed by atoms with E-state index in [1.54, 1.807) is 37.3 Å². The van der Waals surface area contributed by atoms with Gasteiger partial charge in [-0.1, -0.05) is 48.5 Å². The van der Waals surface area contributed by atoms with E-state index in [1.807, 2.05) is 30.3 Å². The standard InChI is InChI=1S/C25H22N2O7/c1-2-33-23(31)25-19-18(20(28)26(21(19)29)16-11-7-4-8-12-16)24(34-25)14-32-13-17(27(24)22(25)30)15-9-5-3-6-10-15/h3-12,17-19H,2,13-14H2,1H3/t17-,18+,19-,24-,25+/m0/s1. The minimum absolute atomic E-state index is 0.00917. The normalized spacial score (nSPS) is 33.8. The first-order valence-electron chi connectivity index (χ1n) is 11.2. The Morgan fingerprint density at radius 2 is 1.65 bits per heavy atom. The lowest BCUT2D eigenvalue weighted by Gasteiger charge is -2.48. The van der Waals surface area contributed by atoms with Crippen LogP contribution in [0.3, 0.4) is 0 Å². The Bertz CT molecular complexity index is 1200. The number of morpholine rings is 1. The number of amides is 3. The molecule has 4 aliphatic heterocycles. The van der Waals surface area contributed by atoms with Crippen LogP contribution in [0.4, 0.5) is 5.69 Å². The van der Waals surface area contributed by atoms with Crippen molar-refractivity contribution in [1.82, 2.24) is 4.90 Å². The highest BCUT2D eigenvalue weighted by Crippen LogP contribution is 2.63. The number of nitrogens with zero attached hydrogens (tertiary/aromatic N) is 2. The molecule has 9 nitrogen and oxygen atoms in total. The zero-order valence-electron chi connectivity index (χ0n) is 18.4. The van der Waals surface area contributed by atoms with Crippen molar-refractivity contribution in [3.63, 3.8) is 0 Å². The maximum Gasteiger partial charge on any atom is 0.349 e. The van der Waals surface area contributed by atoms with Gasteiger partial charge in [-0.15, -0.1) is 0 Å². The van der Waals surface area contributed by atoms with Crippen LogP contribution in [0.15, 0.2) is 60.7 Å². The third-order valence-corrected chi connectivity index (χ3v) is 7.19. The van der Waals surface area contributed by atoms with Crippen LogP contribution in [0.2, 0.25) is 0 Å². The Kier molecular flexibility index (Phi) is 4.46. The van der Waals surface area contributed by atoms with Crippen molar-refractivity contribution in [2.24, 2.45) is 11.8 Å². The topological polar surface area (TPSA) is 102 Å². The quantitative estimate of drug-likeness (QED) is 0.385. The molecule has 6 rings (SSSR count). The molecule has 0 aromatic heterocycles. The number of fused-ring (bicyclic) bond motifs is 3. The lowest BCUT2D eigenvalue weighted by Crippen LogP contribution is -2.66. The third kappa shape index (κ3) is 2.40. The summed E-state index contributed by atoms with van der Waals surface area (Å²) in [7, 11) is 0. The highest BCUT2D eigenvalue weighted by Gasteiger charge is 2.86. The Labute approximate surface area is 195 Å². The van der Waals surface area contributed by atoms with E-state index in [9.17, 15) is 19.2 Å². The monoisotopic (exact) mass is 462 g/mol. The van der Waals surface area contributed by atoms with Crippen LogP contribution >= 0.6 is 0 Å². The van der Waals surface area contributed by atoms with Gasteiger partial charge in [0.05, 0.1) is 31.5 Å². The fourth-order valence-corrected chi connectivity index (χ4v) is 5.90. The number of carbonyl (C=O) groups excluding carboxylic acids is 4. The summed E-state index contributed by atoms with van der Waals surface area (Å²) in [5.74, 6) is -5.23. The van der Waals surface area contributed by atoms with Gasteiger partial charge in [0.15, 0.2) is 5.72 Å². The molecule has 34 heavy (non-hydrogen) atoms. The van der Waals surface area contributed by atoms with E-state index in [0.29, 0.717) is 5.69 Å². The Morgan fingerprint density at radius 1 is 1.00 bits per heavy atom. The van der Waals surface area contributed by atoms with E-state index in [1.165, 1.54) is 4.90 Å². The van der Waals surface area contributed by atoms with Crippen molar-refractivity contribution in [1.29, 1.82) is 0 Å². The number of carbonyl (C=O) groups is 4. The molecule has 2 aromatic carbocycles. The van der Waals surface area contributed by atoms with Crippen molar-refractivity contribution in [2.45, 2.75) is 24.3 Å². The van der Waals surface area contributed by atoms with Crippen molar-refractivity contribution in [3.05, 3.63) is 66.2 Å². The van der Waals surface area contributed by atoms with E-state index in [-0.39, 0.29) is 19.8 Å². The number of hydrogen-bond donors (Lipinski definition) is 0. The molecule has 3 amide bonds. The number of esters is 1. The number of piperidine rings is 1. The van der Waals surface area contributed by atoms with Crippen molar-refractivity contribution >= 4 is 29.4 Å². The largest absolute Gasteiger partial charge is 0.463 e. The van der Waals surface area contributed by atoms with Gasteiger partial charge in [-0.2, -0.15) is 0 Å². The van der Waals surface area contributed by atoms with Crippen molar-refractivity contribution in [3.8, 4) is 0 Å². The molecule has 0 N–H and O–H groups in total. The first-order chi connectivity index (χ1) is 16.5. The molecule has 2 bridgehead atoms. The zero-order chi connectivity index (χ0) is 23.7. The van der Waals surface area contributed by atoms with E-state index in [4.69, 9.17) is 14.2 Å². The number of anilines is 1. The smallest absolute Gasteiger partial charge is 0.349 e. The average molecular weight is 462 g/mol. The van der Waals surface area contributed by atoms with Crippen LogP contribution in [0.1, 0.15) is 18.5 Å². The van der Waals surface area contributed by atoms with Gasteiger partial charge < -0.3 is 14.2 Å². The molecule has 2 aromatic rings. The van der Waals surface area contributed by atoms with Crippen LogP contribution in [-0.2, 0) is 33.4 Å². The predicted octanol–water partition coefficient (Wildman–Crippen LogP) is 1.43. The van der Waals surface area contributed by atoms with Crippen LogP contribution in [0, 0.1) is 11.8 Å². The van der Waals surface area contributed by atoms with E-state index in [2.05, 4.69) is 0 Å². The summed E-state index contributed by atoms with van der Waals surface area (Å²) in [5.41, 5.74) is -2.68. The summed E-state index contributed by atoms with van der Waals surface area (Å²) >= 11 is 0. The molecular formula is C25H22N2O7. The Morgan fingerprint density at radius 3 is 2.32 bits per heavy atom. The third-order valence-electron chi connectivity index (χ3n) is 7.19. The second-order valence-electron chi connectivity index (χ2n) is 8.82. The van der Waals surface area contributed by atoms with Gasteiger partial charge in [-0.25, -0.2) is 9.69 Å². The van der Waals surface area contributed by atoms with E-state index < -0.39 is 52.9 Å². The second kappa shape index (κ2) is 7.22. The summed E-state index contributed by atoms with van der Waals surface area (Å²) in [4.78, 5) is 57.3. The number of benzene rings is 2. The summed E-state index contributed by atoms with van der Waals surface area (Å²) < 4.78 is 17.4. The molecular weight excluding hydrogens is 440 g/mol. The number of ether oxygens (including phenoxy) is 3. The molecule has 4 heterocycles. The molecule has 4 saturated heterocycles. The van der Waals surface area contributed by atoms with Gasteiger partial charge >= 0.3 is 5.97 Å². The lowest BCUT2D eigenvalue weighted by molar-refractivity contribution is -0.209. The van der Waals surface area contributed by atoms with E-state index in [0.717, 1.165) is 10.5 Å². The maximum atomic E-state index is 14.0.